The van der Waals surface area contributed by atoms with Crippen molar-refractivity contribution in [3.63, 3.8) is 0 Å². The Bertz CT molecular complexity index is 505. The minimum absolute atomic E-state index is 0.153. The first-order valence-electron chi connectivity index (χ1n) is 6.17. The monoisotopic (exact) mass is 265 g/mol. The molecule has 0 aromatic heterocycles. The molecule has 19 heavy (non-hydrogen) atoms. The van der Waals surface area contributed by atoms with Crippen LogP contribution in [0, 0.1) is 0 Å². The Morgan fingerprint density at radius 3 is 2.58 bits per heavy atom. The molecule has 2 rings (SSSR count). The number of ether oxygens (including phenoxy) is 2. The summed E-state index contributed by atoms with van der Waals surface area (Å²) >= 11 is 0. The molecule has 0 bridgehead atoms. The predicted octanol–water partition coefficient (Wildman–Crippen LogP) is 2.65. The van der Waals surface area contributed by atoms with E-state index in [2.05, 4.69) is 0 Å². The van der Waals surface area contributed by atoms with E-state index in [0.717, 1.165) is 11.1 Å². The smallest absolute Gasteiger partial charge is 0.410 e. The van der Waals surface area contributed by atoms with Gasteiger partial charge in [0.2, 0.25) is 0 Å². The minimum atomic E-state index is -0.522. The number of hydrogen-bond acceptors (Lipinski definition) is 4. The third-order valence-electron chi connectivity index (χ3n) is 2.89. The van der Waals surface area contributed by atoms with E-state index < -0.39 is 5.60 Å². The van der Waals surface area contributed by atoms with Crippen molar-refractivity contribution in [3.05, 3.63) is 23.3 Å². The number of hydrogen-bond donors (Lipinski definition) is 1. The molecule has 104 valence electrons. The van der Waals surface area contributed by atoms with Gasteiger partial charge in [-0.3, -0.25) is 4.90 Å². The number of phenolic OH excluding ortho intramolecular Hbond substituents is 1. The average Bonchev–Trinajstić information content (AvgIpc) is 2.71. The Balaban J connectivity index is 2.16. The van der Waals surface area contributed by atoms with Crippen LogP contribution in [0.25, 0.3) is 0 Å². The fourth-order valence-electron chi connectivity index (χ4n) is 2.04. The molecule has 1 aliphatic heterocycles. The van der Waals surface area contributed by atoms with Crippen LogP contribution in [0.15, 0.2) is 12.1 Å². The van der Waals surface area contributed by atoms with Crippen LogP contribution in [0.2, 0.25) is 0 Å². The number of phenols is 1. The van der Waals surface area contributed by atoms with E-state index in [-0.39, 0.29) is 11.8 Å². The van der Waals surface area contributed by atoms with Crippen LogP contribution in [-0.4, -0.2) is 28.8 Å². The number of fused-ring (bicyclic) bond motifs is 1. The average molecular weight is 265 g/mol. The van der Waals surface area contributed by atoms with Gasteiger partial charge in [-0.2, -0.15) is 0 Å². The molecule has 0 saturated heterocycles. The molecule has 1 heterocycles. The summed E-state index contributed by atoms with van der Waals surface area (Å²) in [5.74, 6) is 0.739. The Morgan fingerprint density at radius 2 is 2.00 bits per heavy atom. The van der Waals surface area contributed by atoms with Crippen LogP contribution in [0.4, 0.5) is 4.79 Å². The normalized spacial score (nSPS) is 14.2. The second-order valence-electron chi connectivity index (χ2n) is 5.62. The number of rotatable bonds is 1. The summed E-state index contributed by atoms with van der Waals surface area (Å²) < 4.78 is 10.4. The molecule has 5 heteroatoms. The van der Waals surface area contributed by atoms with E-state index in [1.807, 2.05) is 26.8 Å². The first kappa shape index (κ1) is 13.5. The lowest BCUT2D eigenvalue weighted by Gasteiger charge is -2.24. The highest BCUT2D eigenvalue weighted by Gasteiger charge is 2.29. The SMILES string of the molecule is COc1cc(O)c2c(c1)CN(C(=O)OC(C)(C)C)C2. The molecule has 1 N–H and O–H groups in total. The van der Waals surface area contributed by atoms with Crippen LogP contribution in [0.5, 0.6) is 11.5 Å². The molecule has 0 radical (unpaired) electrons. The summed E-state index contributed by atoms with van der Waals surface area (Å²) in [5, 5.41) is 9.92. The molecule has 0 spiro atoms. The van der Waals surface area contributed by atoms with Gasteiger partial charge in [0.15, 0.2) is 0 Å². The van der Waals surface area contributed by atoms with Crippen molar-refractivity contribution in [2.24, 2.45) is 0 Å². The number of carbonyl (C=O) groups excluding carboxylic acids is 1. The maximum absolute atomic E-state index is 12.0. The standard InChI is InChI=1S/C14H19NO4/c1-14(2,3)19-13(17)15-7-9-5-10(18-4)6-12(16)11(9)8-15/h5-6,16H,7-8H2,1-4H3. The summed E-state index contributed by atoms with van der Waals surface area (Å²) in [5.41, 5.74) is 1.13. The Morgan fingerprint density at radius 1 is 1.32 bits per heavy atom. The van der Waals surface area contributed by atoms with Gasteiger partial charge in [0, 0.05) is 18.2 Å². The lowest BCUT2D eigenvalue weighted by atomic mass is 10.1. The molecule has 0 fully saturated rings. The summed E-state index contributed by atoms with van der Waals surface area (Å²) in [6.45, 7) is 6.27. The van der Waals surface area contributed by atoms with E-state index in [4.69, 9.17) is 9.47 Å². The lowest BCUT2D eigenvalue weighted by molar-refractivity contribution is 0.0241. The van der Waals surface area contributed by atoms with E-state index in [9.17, 15) is 9.90 Å². The van der Waals surface area contributed by atoms with Gasteiger partial charge in [-0.1, -0.05) is 0 Å². The lowest BCUT2D eigenvalue weighted by Crippen LogP contribution is -2.33. The van der Waals surface area contributed by atoms with Gasteiger partial charge in [0.25, 0.3) is 0 Å². The molecule has 0 aliphatic carbocycles. The van der Waals surface area contributed by atoms with Crippen LogP contribution >= 0.6 is 0 Å². The molecule has 1 aromatic carbocycles. The first-order valence-corrected chi connectivity index (χ1v) is 6.17. The van der Waals surface area contributed by atoms with Crippen molar-refractivity contribution >= 4 is 6.09 Å². The van der Waals surface area contributed by atoms with Crippen LogP contribution in [0.1, 0.15) is 31.9 Å². The van der Waals surface area contributed by atoms with Crippen LogP contribution in [-0.2, 0) is 17.8 Å². The third-order valence-corrected chi connectivity index (χ3v) is 2.89. The highest BCUT2D eigenvalue weighted by atomic mass is 16.6. The van der Waals surface area contributed by atoms with Crippen LogP contribution < -0.4 is 4.74 Å². The zero-order chi connectivity index (χ0) is 14.2. The van der Waals surface area contributed by atoms with Crippen molar-refractivity contribution in [1.82, 2.24) is 4.90 Å². The molecular formula is C14H19NO4. The highest BCUT2D eigenvalue weighted by molar-refractivity contribution is 5.70. The van der Waals surface area contributed by atoms with Gasteiger partial charge in [-0.15, -0.1) is 0 Å². The second kappa shape index (κ2) is 4.64. The van der Waals surface area contributed by atoms with E-state index >= 15 is 0 Å². The highest BCUT2D eigenvalue weighted by Crippen LogP contribution is 2.34. The van der Waals surface area contributed by atoms with Crippen LogP contribution in [0.3, 0.4) is 0 Å². The van der Waals surface area contributed by atoms with E-state index in [1.165, 1.54) is 0 Å². The molecular weight excluding hydrogens is 246 g/mol. The second-order valence-corrected chi connectivity index (χ2v) is 5.62. The molecule has 1 aliphatic rings. The fourth-order valence-corrected chi connectivity index (χ4v) is 2.04. The molecule has 0 unspecified atom stereocenters. The van der Waals surface area contributed by atoms with Crippen molar-refractivity contribution in [2.45, 2.75) is 39.5 Å². The molecule has 1 amide bonds. The van der Waals surface area contributed by atoms with Crippen molar-refractivity contribution < 1.29 is 19.4 Å². The van der Waals surface area contributed by atoms with Gasteiger partial charge < -0.3 is 14.6 Å². The Hall–Kier alpha value is -1.91. The summed E-state index contributed by atoms with van der Waals surface area (Å²) in [7, 11) is 1.54. The molecule has 0 atom stereocenters. The Labute approximate surface area is 112 Å². The first-order chi connectivity index (χ1) is 8.80. The summed E-state index contributed by atoms with van der Waals surface area (Å²) in [4.78, 5) is 13.6. The topological polar surface area (TPSA) is 59.0 Å². The minimum Gasteiger partial charge on any atom is -0.507 e. The summed E-state index contributed by atoms with van der Waals surface area (Å²) in [6, 6.07) is 3.39. The largest absolute Gasteiger partial charge is 0.507 e. The van der Waals surface area contributed by atoms with E-state index in [1.54, 1.807) is 18.1 Å². The van der Waals surface area contributed by atoms with Gasteiger partial charge in [-0.25, -0.2) is 4.79 Å². The third kappa shape index (κ3) is 2.92. The summed E-state index contributed by atoms with van der Waals surface area (Å²) in [6.07, 6.45) is -0.373. The quantitative estimate of drug-likeness (QED) is 0.848. The maximum Gasteiger partial charge on any atom is 0.410 e. The Kier molecular flexibility index (Phi) is 3.30. The molecule has 5 nitrogen and oxygen atoms in total. The zero-order valence-electron chi connectivity index (χ0n) is 11.7. The van der Waals surface area contributed by atoms with Crippen molar-refractivity contribution in [3.8, 4) is 11.5 Å². The maximum atomic E-state index is 12.0. The number of carbonyl (C=O) groups is 1. The molecule has 0 saturated carbocycles. The van der Waals surface area contributed by atoms with Gasteiger partial charge in [0.05, 0.1) is 13.7 Å². The number of benzene rings is 1. The number of methoxy groups -OCH3 is 1. The van der Waals surface area contributed by atoms with Gasteiger partial charge in [-0.05, 0) is 32.4 Å². The van der Waals surface area contributed by atoms with Gasteiger partial charge >= 0.3 is 6.09 Å². The number of aromatic hydroxyl groups is 1. The van der Waals surface area contributed by atoms with Crippen molar-refractivity contribution in [2.75, 3.05) is 7.11 Å². The van der Waals surface area contributed by atoms with Gasteiger partial charge in [0.1, 0.15) is 17.1 Å². The number of nitrogens with zero attached hydrogens (tertiary/aromatic N) is 1. The molecule has 1 aromatic rings. The predicted molar refractivity (Wildman–Crippen MR) is 70.1 cm³/mol. The van der Waals surface area contributed by atoms with E-state index in [0.29, 0.717) is 18.8 Å². The fraction of sp³-hybridized carbons (Fsp3) is 0.500. The zero-order valence-corrected chi connectivity index (χ0v) is 11.7. The van der Waals surface area contributed by atoms with Crippen molar-refractivity contribution in [1.29, 1.82) is 0 Å². The number of amides is 1.